The van der Waals surface area contributed by atoms with Crippen LogP contribution in [0, 0.1) is 0 Å². The van der Waals surface area contributed by atoms with Crippen LogP contribution in [-0.2, 0) is 11.3 Å². The zero-order chi connectivity index (χ0) is 14.5. The molecule has 0 unspecified atom stereocenters. The molecule has 1 fully saturated rings. The summed E-state index contributed by atoms with van der Waals surface area (Å²) in [5.41, 5.74) is 6.04. The minimum atomic E-state index is -0.810. The number of benzene rings is 1. The largest absolute Gasteiger partial charge is 0.497 e. The smallest absolute Gasteiger partial charge is 0.318 e. The van der Waals surface area contributed by atoms with Gasteiger partial charge in [-0.2, -0.15) is 0 Å². The topological polar surface area (TPSA) is 84.7 Å². The molecule has 0 aromatic heterocycles. The van der Waals surface area contributed by atoms with Crippen LogP contribution in [-0.4, -0.2) is 36.5 Å². The van der Waals surface area contributed by atoms with Gasteiger partial charge in [0.05, 0.1) is 13.7 Å². The highest BCUT2D eigenvalue weighted by Gasteiger charge is 2.30. The van der Waals surface area contributed by atoms with E-state index in [2.05, 4.69) is 10.2 Å². The fourth-order valence-corrected chi connectivity index (χ4v) is 2.08. The number of amides is 3. The molecule has 6 nitrogen and oxygen atoms in total. The van der Waals surface area contributed by atoms with E-state index in [-0.39, 0.29) is 12.5 Å². The van der Waals surface area contributed by atoms with Crippen LogP contribution in [0.4, 0.5) is 4.79 Å². The molecule has 0 bridgehead atoms. The Morgan fingerprint density at radius 1 is 1.35 bits per heavy atom. The van der Waals surface area contributed by atoms with Gasteiger partial charge < -0.3 is 10.5 Å². The molecule has 0 heterocycles. The molecule has 1 aliphatic rings. The Hall–Kier alpha value is -2.08. The van der Waals surface area contributed by atoms with Gasteiger partial charge in [-0.05, 0) is 30.5 Å². The van der Waals surface area contributed by atoms with E-state index in [0.29, 0.717) is 12.6 Å². The number of primary amides is 1. The molecule has 3 N–H and O–H groups in total. The minimum Gasteiger partial charge on any atom is -0.497 e. The van der Waals surface area contributed by atoms with Gasteiger partial charge in [-0.15, -0.1) is 0 Å². The van der Waals surface area contributed by atoms with Gasteiger partial charge in [0, 0.05) is 12.6 Å². The summed E-state index contributed by atoms with van der Waals surface area (Å²) in [7, 11) is 1.62. The van der Waals surface area contributed by atoms with Crippen molar-refractivity contribution in [2.24, 2.45) is 5.73 Å². The Balaban J connectivity index is 1.94. The van der Waals surface area contributed by atoms with E-state index in [1.54, 1.807) is 7.11 Å². The van der Waals surface area contributed by atoms with Gasteiger partial charge in [0.15, 0.2) is 0 Å². The van der Waals surface area contributed by atoms with Crippen LogP contribution in [0.2, 0.25) is 0 Å². The predicted molar refractivity (Wildman–Crippen MR) is 74.2 cm³/mol. The number of nitrogens with two attached hydrogens (primary N) is 1. The van der Waals surface area contributed by atoms with Crippen molar-refractivity contribution in [3.63, 3.8) is 0 Å². The number of methoxy groups -OCH3 is 1. The number of hydrogen-bond acceptors (Lipinski definition) is 4. The number of carbonyl (C=O) groups is 2. The monoisotopic (exact) mass is 277 g/mol. The number of ether oxygens (including phenoxy) is 1. The summed E-state index contributed by atoms with van der Waals surface area (Å²) in [5.74, 6) is 0.441. The molecule has 6 heteroatoms. The SMILES string of the molecule is COc1ccc(CN(CC(=O)NC(N)=O)C2CC2)cc1. The van der Waals surface area contributed by atoms with E-state index in [1.807, 2.05) is 24.3 Å². The van der Waals surface area contributed by atoms with E-state index in [1.165, 1.54) is 0 Å². The van der Waals surface area contributed by atoms with Gasteiger partial charge in [-0.1, -0.05) is 12.1 Å². The highest BCUT2D eigenvalue weighted by molar-refractivity contribution is 5.94. The lowest BCUT2D eigenvalue weighted by molar-refractivity contribution is -0.121. The third-order valence-electron chi connectivity index (χ3n) is 3.22. The first-order valence-electron chi connectivity index (χ1n) is 6.54. The molecule has 0 aliphatic heterocycles. The van der Waals surface area contributed by atoms with Gasteiger partial charge in [-0.3, -0.25) is 15.0 Å². The molecule has 3 amide bonds. The lowest BCUT2D eigenvalue weighted by Gasteiger charge is -2.21. The lowest BCUT2D eigenvalue weighted by Crippen LogP contribution is -2.42. The van der Waals surface area contributed by atoms with Crippen molar-refractivity contribution < 1.29 is 14.3 Å². The number of carbonyl (C=O) groups excluding carboxylic acids is 2. The first-order chi connectivity index (χ1) is 9.58. The van der Waals surface area contributed by atoms with Crippen LogP contribution in [0.25, 0.3) is 0 Å². The number of hydrogen-bond donors (Lipinski definition) is 2. The van der Waals surface area contributed by atoms with Crippen molar-refractivity contribution >= 4 is 11.9 Å². The Morgan fingerprint density at radius 3 is 2.50 bits per heavy atom. The molecule has 20 heavy (non-hydrogen) atoms. The van der Waals surface area contributed by atoms with E-state index >= 15 is 0 Å². The normalized spacial score (nSPS) is 14.1. The number of nitrogens with zero attached hydrogens (tertiary/aromatic N) is 1. The van der Waals surface area contributed by atoms with E-state index in [4.69, 9.17) is 10.5 Å². The van der Waals surface area contributed by atoms with Crippen LogP contribution in [0.5, 0.6) is 5.75 Å². The van der Waals surface area contributed by atoms with Gasteiger partial charge in [-0.25, -0.2) is 4.79 Å². The van der Waals surface area contributed by atoms with Crippen molar-refractivity contribution in [2.45, 2.75) is 25.4 Å². The zero-order valence-corrected chi connectivity index (χ0v) is 11.5. The quantitative estimate of drug-likeness (QED) is 0.807. The summed E-state index contributed by atoms with van der Waals surface area (Å²) in [4.78, 5) is 24.3. The molecular formula is C14H19N3O3. The summed E-state index contributed by atoms with van der Waals surface area (Å²) in [6.45, 7) is 0.848. The lowest BCUT2D eigenvalue weighted by atomic mass is 10.2. The number of imide groups is 1. The number of urea groups is 1. The first kappa shape index (κ1) is 14.3. The van der Waals surface area contributed by atoms with Gasteiger partial charge >= 0.3 is 6.03 Å². The maximum atomic E-state index is 11.6. The minimum absolute atomic E-state index is 0.180. The highest BCUT2D eigenvalue weighted by atomic mass is 16.5. The van der Waals surface area contributed by atoms with Gasteiger partial charge in [0.25, 0.3) is 0 Å². The van der Waals surface area contributed by atoms with Crippen molar-refractivity contribution in [1.82, 2.24) is 10.2 Å². The average molecular weight is 277 g/mol. The van der Waals surface area contributed by atoms with Crippen molar-refractivity contribution in [1.29, 1.82) is 0 Å². The van der Waals surface area contributed by atoms with Crippen molar-refractivity contribution in [3.8, 4) is 5.75 Å². The Kier molecular flexibility index (Phi) is 4.57. The third-order valence-corrected chi connectivity index (χ3v) is 3.22. The van der Waals surface area contributed by atoms with Gasteiger partial charge in [0.1, 0.15) is 5.75 Å². The summed E-state index contributed by atoms with van der Waals surface area (Å²) >= 11 is 0. The summed E-state index contributed by atoms with van der Waals surface area (Å²) in [6.07, 6.45) is 2.17. The molecule has 108 valence electrons. The molecule has 2 rings (SSSR count). The second kappa shape index (κ2) is 6.38. The fourth-order valence-electron chi connectivity index (χ4n) is 2.08. The number of rotatable bonds is 6. The second-order valence-electron chi connectivity index (χ2n) is 4.90. The molecule has 1 aromatic carbocycles. The average Bonchev–Trinajstić information content (AvgIpc) is 3.22. The molecule has 0 radical (unpaired) electrons. The van der Waals surface area contributed by atoms with E-state index < -0.39 is 6.03 Å². The Bertz CT molecular complexity index is 483. The maximum Gasteiger partial charge on any atom is 0.318 e. The van der Waals surface area contributed by atoms with Crippen LogP contribution in [0.15, 0.2) is 24.3 Å². The van der Waals surface area contributed by atoms with Crippen LogP contribution >= 0.6 is 0 Å². The summed E-state index contributed by atoms with van der Waals surface area (Å²) in [6, 6.07) is 7.33. The zero-order valence-electron chi connectivity index (χ0n) is 11.5. The Labute approximate surface area is 117 Å². The summed E-state index contributed by atoms with van der Waals surface area (Å²) < 4.78 is 5.11. The molecule has 1 aromatic rings. The Morgan fingerprint density at radius 2 is 2.00 bits per heavy atom. The van der Waals surface area contributed by atoms with Gasteiger partial charge in [0.2, 0.25) is 5.91 Å². The van der Waals surface area contributed by atoms with Crippen LogP contribution < -0.4 is 15.8 Å². The van der Waals surface area contributed by atoms with Crippen molar-refractivity contribution in [2.75, 3.05) is 13.7 Å². The highest BCUT2D eigenvalue weighted by Crippen LogP contribution is 2.28. The summed E-state index contributed by atoms with van der Waals surface area (Å²) in [5, 5.41) is 2.10. The predicted octanol–water partition coefficient (Wildman–Crippen LogP) is 0.854. The molecule has 1 aliphatic carbocycles. The second-order valence-corrected chi connectivity index (χ2v) is 4.90. The maximum absolute atomic E-state index is 11.6. The number of nitrogens with one attached hydrogen (secondary N) is 1. The van der Waals surface area contributed by atoms with E-state index in [0.717, 1.165) is 24.2 Å². The first-order valence-corrected chi connectivity index (χ1v) is 6.54. The van der Waals surface area contributed by atoms with Crippen LogP contribution in [0.3, 0.4) is 0 Å². The molecule has 0 atom stereocenters. The molecule has 1 saturated carbocycles. The fraction of sp³-hybridized carbons (Fsp3) is 0.429. The molecule has 0 saturated heterocycles. The third kappa shape index (κ3) is 4.24. The van der Waals surface area contributed by atoms with E-state index in [9.17, 15) is 9.59 Å². The standard InChI is InChI=1S/C14H19N3O3/c1-20-12-6-2-10(3-7-12)8-17(11-4-5-11)9-13(18)16-14(15)19/h2-3,6-7,11H,4-5,8-9H2,1H3,(H3,15,16,18,19). The molecular weight excluding hydrogens is 258 g/mol. The van der Waals surface area contributed by atoms with Crippen LogP contribution in [0.1, 0.15) is 18.4 Å². The molecule has 0 spiro atoms. The van der Waals surface area contributed by atoms with Crippen molar-refractivity contribution in [3.05, 3.63) is 29.8 Å².